The maximum absolute atomic E-state index is 14.5. The van der Waals surface area contributed by atoms with Gasteiger partial charge >= 0.3 is 23.9 Å². The monoisotopic (exact) mass is 1910 g/mol. The van der Waals surface area contributed by atoms with E-state index >= 15 is 0 Å². The molecule has 748 valence electrons. The molecule has 8 heterocycles. The van der Waals surface area contributed by atoms with Crippen molar-refractivity contribution in [3.05, 3.63) is 0 Å². The molecule has 0 spiro atoms. The van der Waals surface area contributed by atoms with Crippen LogP contribution in [0.25, 0.3) is 0 Å². The zero-order chi connectivity index (χ0) is 96.1. The average Bonchev–Trinajstić information content (AvgIpc) is 0.801. The number of cyclic esters (lactones) is 2. The molecule has 8 aliphatic heterocycles. The van der Waals surface area contributed by atoms with Gasteiger partial charge in [-0.3, -0.25) is 19.2 Å². The summed E-state index contributed by atoms with van der Waals surface area (Å²) in [5.74, 6) is -4.75. The van der Waals surface area contributed by atoms with Gasteiger partial charge in [0.2, 0.25) is 0 Å². The first kappa shape index (κ1) is 113. The van der Waals surface area contributed by atoms with Gasteiger partial charge in [-0.25, -0.2) is 8.42 Å². The number of hydrogen-bond donors (Lipinski definition) is 8. The van der Waals surface area contributed by atoms with E-state index in [2.05, 4.69) is 0 Å². The molecular weight excluding hydrogens is 1740 g/mol. The number of ether oxygens (including phenoxy) is 14. The van der Waals surface area contributed by atoms with E-state index in [1.54, 1.807) is 83.1 Å². The quantitative estimate of drug-likeness (QED) is 0.0174. The van der Waals surface area contributed by atoms with Crippen molar-refractivity contribution >= 4 is 65.1 Å². The van der Waals surface area contributed by atoms with Crippen LogP contribution in [0.1, 0.15) is 254 Å². The van der Waals surface area contributed by atoms with Crippen LogP contribution in [0.2, 0.25) is 0 Å². The van der Waals surface area contributed by atoms with Crippen molar-refractivity contribution in [3.8, 4) is 0 Å². The van der Waals surface area contributed by atoms with E-state index in [1.807, 2.05) is 103 Å². The number of unbranched alkanes of at least 4 members (excludes halogenated alkanes) is 2. The van der Waals surface area contributed by atoms with Crippen LogP contribution >= 0.6 is 21.6 Å². The standard InChI is InChI=1S/2C46H84N2O14S2/c1-15-34-46(10,54)39(50)30(6)48(13)25-26(2)23-44(8,53)41(28(4)37(29(5)42(52)59-34)61-36-24-45(9,56-14)40(51)31(7)58-36)62-43-38(33(47(11)12)22-27(3)57-43)60-35(49)19-17-16-18-32-20-21-64(55)63-32;1-15-34-46(10,54)39(50)30(6)48(13)25-26(2)23-44(8,53)41(28(4)37(29(5)42(52)59-34)61-36-24-45(9,56-14)40(51)31(7)58-36)62-43-38(33(47(11)12)22-27(3)57-43)60-35(49)19-17-16-18-32-20-21-63-64(32)55/h2*26-34,36-41,43,50-51,53-54H,15-25H2,1-14H3/t2*26-,27-,28+,29-,30-,31+,32-,33+,34-,36+,37+,38-,39-,40+,41-,43+,44-,45-,46-,64?/m11/s1. The SMILES string of the molecule is CC[C@H]1OC(=O)[C@H](C)[C@@H](O[C@H]2C[C@@](C)(OC)[C@@H](O)[C@H](C)O2)[C@H](C)[C@@H](O[C@@H]2O[C@H](C)C[C@H](N(C)C)[C@H]2OC(=O)CCCC[C@@H]2CCS(=O)S2)[C@](C)(O)C[C@@H](C)CN(C)[C@H](C)[C@@H](O)[C@]1(C)O.CC[C@H]1OC(=O)[C@H](C)[C@@H](O[C@H]2C[C@@](C)(OC)[C@@H](O)[C@H](C)O2)[C@H](C)[C@@H](O[C@@H]2O[C@H](C)C[C@H](N(C)C)[C@H]2OC(=O)CCCC[C@@H]2CCSS2=O)[C@](C)(O)C[C@@H](C)CN(C)[C@H](C)[C@@H](O)[C@]1(C)O. The highest BCUT2D eigenvalue weighted by Gasteiger charge is 2.58. The molecular formula is C92H168N4O28S4. The fourth-order valence-electron chi connectivity index (χ4n) is 20.8. The third kappa shape index (κ3) is 29.3. The zero-order valence-corrected chi connectivity index (χ0v) is 85.5. The molecule has 8 fully saturated rings. The number of carbonyl (C=O) groups excluding carboxylic acids is 4. The number of likely N-dealkylation sites (N-methyl/N-ethyl adjacent to an activating group) is 4. The van der Waals surface area contributed by atoms with E-state index in [-0.39, 0.29) is 92.7 Å². The summed E-state index contributed by atoms with van der Waals surface area (Å²) in [6, 6.07) is -1.76. The highest BCUT2D eigenvalue weighted by atomic mass is 33.1. The first-order valence-electron chi connectivity index (χ1n) is 47.1. The number of esters is 4. The van der Waals surface area contributed by atoms with Gasteiger partial charge in [0, 0.05) is 98.9 Å². The molecule has 0 amide bonds. The van der Waals surface area contributed by atoms with Crippen molar-refractivity contribution in [3.63, 3.8) is 0 Å². The van der Waals surface area contributed by atoms with Crippen molar-refractivity contribution < 1.29 is 135 Å². The smallest absolute Gasteiger partial charge is 0.311 e. The number of carbonyl (C=O) groups is 4. The summed E-state index contributed by atoms with van der Waals surface area (Å²) in [7, 11) is 15.6. The van der Waals surface area contributed by atoms with Gasteiger partial charge in [0.1, 0.15) is 47.8 Å². The molecule has 0 radical (unpaired) electrons. The second-order valence-corrected chi connectivity index (χ2v) is 47.8. The second-order valence-electron chi connectivity index (χ2n) is 40.8. The van der Waals surface area contributed by atoms with Crippen LogP contribution in [-0.4, -0.2) is 365 Å². The minimum absolute atomic E-state index is 0.102. The molecule has 0 aromatic heterocycles. The Hall–Kier alpha value is -2.00. The maximum atomic E-state index is 14.5. The van der Waals surface area contributed by atoms with Gasteiger partial charge in [0.05, 0.1) is 115 Å². The lowest BCUT2D eigenvalue weighted by Gasteiger charge is -2.49. The van der Waals surface area contributed by atoms with Gasteiger partial charge in [-0.05, 0) is 228 Å². The van der Waals surface area contributed by atoms with Crippen LogP contribution in [-0.2, 0) is 105 Å². The van der Waals surface area contributed by atoms with Gasteiger partial charge in [0.15, 0.2) is 37.4 Å². The molecule has 40 atom stereocenters. The summed E-state index contributed by atoms with van der Waals surface area (Å²) in [5.41, 5.74) is -9.05. The topological polar surface area (TPSA) is 406 Å². The summed E-state index contributed by atoms with van der Waals surface area (Å²) in [6.07, 6.45) is -10.6. The summed E-state index contributed by atoms with van der Waals surface area (Å²) in [5, 5.41) is 95.4. The fourth-order valence-corrected chi connectivity index (χ4v) is 27.8. The third-order valence-corrected chi connectivity index (χ3v) is 36.1. The molecule has 128 heavy (non-hydrogen) atoms. The average molecular weight is 1910 g/mol. The predicted molar refractivity (Wildman–Crippen MR) is 491 cm³/mol. The van der Waals surface area contributed by atoms with Crippen LogP contribution in [0, 0.1) is 35.5 Å². The Morgan fingerprint density at radius 3 is 1.24 bits per heavy atom. The molecule has 0 aromatic carbocycles. The van der Waals surface area contributed by atoms with Gasteiger partial charge in [-0.15, -0.1) is 0 Å². The lowest BCUT2D eigenvalue weighted by Crippen LogP contribution is -2.61. The van der Waals surface area contributed by atoms with Crippen molar-refractivity contribution in [1.82, 2.24) is 19.6 Å². The third-order valence-electron chi connectivity index (χ3n) is 29.0. The Balaban J connectivity index is 0.000000351. The Morgan fingerprint density at radius 1 is 0.523 bits per heavy atom. The summed E-state index contributed by atoms with van der Waals surface area (Å²) < 4.78 is 114. The van der Waals surface area contributed by atoms with Gasteiger partial charge in [0.25, 0.3) is 0 Å². The lowest BCUT2D eigenvalue weighted by atomic mass is 9.77. The number of aliphatic hydroxyl groups excluding tert-OH is 4. The normalized spacial score (nSPS) is 46.0. The van der Waals surface area contributed by atoms with E-state index in [1.165, 1.54) is 49.7 Å². The first-order valence-corrected chi connectivity index (χ1v) is 52.5. The predicted octanol–water partition coefficient (Wildman–Crippen LogP) is 8.36. The van der Waals surface area contributed by atoms with E-state index in [4.69, 9.17) is 66.3 Å². The Labute approximate surface area is 776 Å². The molecule has 8 saturated heterocycles. The van der Waals surface area contributed by atoms with Crippen LogP contribution < -0.4 is 0 Å². The van der Waals surface area contributed by atoms with E-state index in [0.29, 0.717) is 49.8 Å². The molecule has 8 rings (SSSR count). The molecule has 32 nitrogen and oxygen atoms in total. The second kappa shape index (κ2) is 49.0. The van der Waals surface area contributed by atoms with Gasteiger partial charge < -0.3 is 127 Å². The number of aliphatic hydroxyl groups is 8. The van der Waals surface area contributed by atoms with Gasteiger partial charge in [-0.2, -0.15) is 0 Å². The van der Waals surface area contributed by atoms with Crippen LogP contribution in [0.5, 0.6) is 0 Å². The Morgan fingerprint density at radius 2 is 0.906 bits per heavy atom. The maximum Gasteiger partial charge on any atom is 0.311 e. The van der Waals surface area contributed by atoms with Crippen LogP contribution in [0.3, 0.4) is 0 Å². The van der Waals surface area contributed by atoms with Crippen LogP contribution in [0.4, 0.5) is 0 Å². The van der Waals surface area contributed by atoms with Crippen molar-refractivity contribution in [1.29, 1.82) is 0 Å². The van der Waals surface area contributed by atoms with Crippen LogP contribution in [0.15, 0.2) is 0 Å². The fraction of sp³-hybridized carbons (Fsp3) is 0.957. The number of nitrogens with zero attached hydrogens (tertiary/aromatic N) is 4. The minimum atomic E-state index is -1.83. The summed E-state index contributed by atoms with van der Waals surface area (Å²) >= 11 is 0. The zero-order valence-electron chi connectivity index (χ0n) is 82.2. The molecule has 36 heteroatoms. The molecule has 8 aliphatic rings. The van der Waals surface area contributed by atoms with E-state index in [0.717, 1.165) is 44.3 Å². The Kier molecular flexibility index (Phi) is 43.3. The molecule has 8 N–H and O–H groups in total. The highest BCUT2D eigenvalue weighted by Crippen LogP contribution is 2.46. The van der Waals surface area contributed by atoms with Crippen molar-refractivity contribution in [2.45, 2.75) is 445 Å². The van der Waals surface area contributed by atoms with Crippen molar-refractivity contribution in [2.75, 3.05) is 81.1 Å². The number of methoxy groups -OCH3 is 2. The van der Waals surface area contributed by atoms with E-state index < -0.39 is 224 Å². The first-order chi connectivity index (χ1) is 59.5. The number of rotatable bonds is 26. The molecule has 0 aromatic rings. The molecule has 0 saturated carbocycles. The minimum Gasteiger partial charge on any atom is -0.459 e. The van der Waals surface area contributed by atoms with Crippen molar-refractivity contribution in [2.24, 2.45) is 35.5 Å². The largest absolute Gasteiger partial charge is 0.459 e. The summed E-state index contributed by atoms with van der Waals surface area (Å²) in [6.45, 7) is 36.0. The molecule has 0 bridgehead atoms. The van der Waals surface area contributed by atoms with Gasteiger partial charge in [-0.1, -0.05) is 76.0 Å². The molecule has 0 aliphatic carbocycles. The summed E-state index contributed by atoms with van der Waals surface area (Å²) in [4.78, 5) is 64.1. The van der Waals surface area contributed by atoms with E-state index in [9.17, 15) is 68.4 Å². The lowest BCUT2D eigenvalue weighted by molar-refractivity contribution is -0.319. The number of hydrogen-bond acceptors (Lipinski definition) is 34. The highest BCUT2D eigenvalue weighted by molar-refractivity contribution is 8.70. The Bertz CT molecular complexity index is 3490. The molecule has 2 unspecified atom stereocenters.